The van der Waals surface area contributed by atoms with E-state index in [-0.39, 0.29) is 12.5 Å². The average molecular weight is 304 g/mol. The summed E-state index contributed by atoms with van der Waals surface area (Å²) in [6.45, 7) is 8.84. The maximum Gasteiger partial charge on any atom is 0.319 e. The van der Waals surface area contributed by atoms with Crippen LogP contribution in [0.3, 0.4) is 0 Å². The summed E-state index contributed by atoms with van der Waals surface area (Å²) in [5, 5.41) is 3.14. The number of hydrogen-bond donors (Lipinski definition) is 1. The molecule has 0 saturated carbocycles. The molecule has 1 aliphatic heterocycles. The van der Waals surface area contributed by atoms with Crippen molar-refractivity contribution in [3.05, 3.63) is 35.4 Å². The second-order valence-electron chi connectivity index (χ2n) is 6.18. The lowest BCUT2D eigenvalue weighted by atomic mass is 10.1. The van der Waals surface area contributed by atoms with E-state index in [1.54, 1.807) is 0 Å². The first kappa shape index (κ1) is 17.0. The number of rotatable bonds is 7. The summed E-state index contributed by atoms with van der Waals surface area (Å²) in [5.41, 5.74) is 2.55. The lowest BCUT2D eigenvalue weighted by molar-refractivity contribution is -0.142. The van der Waals surface area contributed by atoms with Crippen LogP contribution in [-0.4, -0.2) is 36.1 Å². The van der Waals surface area contributed by atoms with Crippen LogP contribution in [0.2, 0.25) is 0 Å². The highest BCUT2D eigenvalue weighted by Gasteiger charge is 2.26. The molecule has 1 N–H and O–H groups in total. The lowest BCUT2D eigenvalue weighted by Gasteiger charge is -2.26. The molecule has 1 saturated heterocycles. The summed E-state index contributed by atoms with van der Waals surface area (Å²) in [6.07, 6.45) is 2.59. The Labute approximate surface area is 133 Å². The summed E-state index contributed by atoms with van der Waals surface area (Å²) >= 11 is 0. The van der Waals surface area contributed by atoms with Crippen LogP contribution in [0.15, 0.2) is 24.3 Å². The first-order chi connectivity index (χ1) is 10.6. The van der Waals surface area contributed by atoms with Gasteiger partial charge < -0.3 is 10.1 Å². The van der Waals surface area contributed by atoms with Gasteiger partial charge in [-0.3, -0.25) is 9.69 Å². The molecule has 4 heteroatoms. The maximum atomic E-state index is 11.3. The molecule has 0 amide bonds. The minimum atomic E-state index is -0.196. The van der Waals surface area contributed by atoms with E-state index in [2.05, 4.69) is 48.3 Å². The standard InChI is InChI=1S/C18H28N2O2/c1-4-22-18(21)12-19-11-16-6-5-7-17(10-16)13-20-14(2)8-9-15(20)3/h5-7,10,14-15,19H,4,8-9,11-13H2,1-3H3. The molecule has 122 valence electrons. The normalized spacial score (nSPS) is 22.0. The largest absolute Gasteiger partial charge is 0.465 e. The fourth-order valence-corrected chi connectivity index (χ4v) is 3.13. The Balaban J connectivity index is 1.86. The van der Waals surface area contributed by atoms with Crippen LogP contribution in [0.1, 0.15) is 44.7 Å². The summed E-state index contributed by atoms with van der Waals surface area (Å²) < 4.78 is 4.91. The number of hydrogen-bond acceptors (Lipinski definition) is 4. The first-order valence-electron chi connectivity index (χ1n) is 8.30. The monoisotopic (exact) mass is 304 g/mol. The highest BCUT2D eigenvalue weighted by atomic mass is 16.5. The van der Waals surface area contributed by atoms with Crippen molar-refractivity contribution in [3.63, 3.8) is 0 Å². The van der Waals surface area contributed by atoms with Crippen molar-refractivity contribution in [2.75, 3.05) is 13.2 Å². The quantitative estimate of drug-likeness (QED) is 0.787. The fraction of sp³-hybridized carbons (Fsp3) is 0.611. The molecular weight excluding hydrogens is 276 g/mol. The Morgan fingerprint density at radius 3 is 2.64 bits per heavy atom. The van der Waals surface area contributed by atoms with Gasteiger partial charge in [0.05, 0.1) is 13.2 Å². The van der Waals surface area contributed by atoms with Gasteiger partial charge in [0, 0.05) is 25.2 Å². The molecule has 1 heterocycles. The molecule has 2 rings (SSSR count). The number of likely N-dealkylation sites (tertiary alicyclic amines) is 1. The van der Waals surface area contributed by atoms with Gasteiger partial charge in [-0.1, -0.05) is 24.3 Å². The topological polar surface area (TPSA) is 41.6 Å². The van der Waals surface area contributed by atoms with E-state index in [1.807, 2.05) is 6.92 Å². The number of ether oxygens (including phenoxy) is 1. The average Bonchev–Trinajstić information content (AvgIpc) is 2.80. The zero-order valence-corrected chi connectivity index (χ0v) is 14.0. The van der Waals surface area contributed by atoms with Crippen LogP contribution in [0, 0.1) is 0 Å². The van der Waals surface area contributed by atoms with Gasteiger partial charge in [0.2, 0.25) is 0 Å². The molecule has 2 unspecified atom stereocenters. The van der Waals surface area contributed by atoms with Crippen molar-refractivity contribution in [1.82, 2.24) is 10.2 Å². The molecular formula is C18H28N2O2. The molecule has 0 aromatic heterocycles. The SMILES string of the molecule is CCOC(=O)CNCc1cccc(CN2C(C)CCC2C)c1. The zero-order chi connectivity index (χ0) is 15.9. The van der Waals surface area contributed by atoms with Gasteiger partial charge in [-0.25, -0.2) is 0 Å². The minimum Gasteiger partial charge on any atom is -0.465 e. The van der Waals surface area contributed by atoms with Crippen LogP contribution in [0.5, 0.6) is 0 Å². The van der Waals surface area contributed by atoms with Gasteiger partial charge in [0.1, 0.15) is 0 Å². The fourth-order valence-electron chi connectivity index (χ4n) is 3.13. The first-order valence-corrected chi connectivity index (χ1v) is 8.30. The van der Waals surface area contributed by atoms with Crippen LogP contribution in [0.25, 0.3) is 0 Å². The summed E-state index contributed by atoms with van der Waals surface area (Å²) in [5.74, 6) is -0.196. The van der Waals surface area contributed by atoms with E-state index in [4.69, 9.17) is 4.74 Å². The highest BCUT2D eigenvalue weighted by Crippen LogP contribution is 2.25. The second-order valence-corrected chi connectivity index (χ2v) is 6.18. The number of nitrogens with zero attached hydrogens (tertiary/aromatic N) is 1. The van der Waals surface area contributed by atoms with Crippen LogP contribution < -0.4 is 5.32 Å². The molecule has 22 heavy (non-hydrogen) atoms. The minimum absolute atomic E-state index is 0.196. The molecule has 0 spiro atoms. The number of carbonyl (C=O) groups excluding carboxylic acids is 1. The van der Waals surface area contributed by atoms with E-state index < -0.39 is 0 Å². The third-order valence-electron chi connectivity index (χ3n) is 4.39. The van der Waals surface area contributed by atoms with Crippen LogP contribution in [-0.2, 0) is 22.6 Å². The van der Waals surface area contributed by atoms with Crippen molar-refractivity contribution in [2.45, 2.75) is 58.8 Å². The molecule has 4 nitrogen and oxygen atoms in total. The Morgan fingerprint density at radius 2 is 1.95 bits per heavy atom. The van der Waals surface area contributed by atoms with E-state index in [0.29, 0.717) is 25.2 Å². The predicted molar refractivity (Wildman–Crippen MR) is 88.5 cm³/mol. The third-order valence-corrected chi connectivity index (χ3v) is 4.39. The highest BCUT2D eigenvalue weighted by molar-refractivity contribution is 5.71. The maximum absolute atomic E-state index is 11.3. The van der Waals surface area contributed by atoms with Crippen molar-refractivity contribution < 1.29 is 9.53 Å². The van der Waals surface area contributed by atoms with Crippen molar-refractivity contribution in [3.8, 4) is 0 Å². The molecule has 0 aliphatic carbocycles. The molecule has 0 radical (unpaired) electrons. The van der Waals surface area contributed by atoms with E-state index >= 15 is 0 Å². The van der Waals surface area contributed by atoms with Crippen molar-refractivity contribution >= 4 is 5.97 Å². The number of benzene rings is 1. The molecule has 2 atom stereocenters. The molecule has 1 aromatic rings. The van der Waals surface area contributed by atoms with Gasteiger partial charge in [-0.15, -0.1) is 0 Å². The Morgan fingerprint density at radius 1 is 1.27 bits per heavy atom. The molecule has 1 aromatic carbocycles. The van der Waals surface area contributed by atoms with Gasteiger partial charge in [-0.2, -0.15) is 0 Å². The number of nitrogens with one attached hydrogen (secondary N) is 1. The summed E-state index contributed by atoms with van der Waals surface area (Å²) in [6, 6.07) is 9.95. The predicted octanol–water partition coefficient (Wildman–Crippen LogP) is 2.71. The zero-order valence-electron chi connectivity index (χ0n) is 14.0. The van der Waals surface area contributed by atoms with Gasteiger partial charge in [0.15, 0.2) is 0 Å². The van der Waals surface area contributed by atoms with Crippen molar-refractivity contribution in [1.29, 1.82) is 0 Å². The van der Waals surface area contributed by atoms with E-state index in [9.17, 15) is 4.79 Å². The Kier molecular flexibility index (Phi) is 6.40. The van der Waals surface area contributed by atoms with E-state index in [1.165, 1.54) is 24.0 Å². The van der Waals surface area contributed by atoms with Crippen LogP contribution in [0.4, 0.5) is 0 Å². The number of carbonyl (C=O) groups is 1. The van der Waals surface area contributed by atoms with Crippen LogP contribution >= 0.6 is 0 Å². The van der Waals surface area contributed by atoms with Crippen molar-refractivity contribution in [2.24, 2.45) is 0 Å². The smallest absolute Gasteiger partial charge is 0.319 e. The molecule has 0 bridgehead atoms. The second kappa shape index (κ2) is 8.30. The lowest BCUT2D eigenvalue weighted by Crippen LogP contribution is -2.32. The van der Waals surface area contributed by atoms with E-state index in [0.717, 1.165) is 6.54 Å². The Bertz CT molecular complexity index is 480. The van der Waals surface area contributed by atoms with Gasteiger partial charge in [0.25, 0.3) is 0 Å². The summed E-state index contributed by atoms with van der Waals surface area (Å²) in [4.78, 5) is 13.9. The van der Waals surface area contributed by atoms with Gasteiger partial charge >= 0.3 is 5.97 Å². The molecule has 1 fully saturated rings. The number of esters is 1. The summed E-state index contributed by atoms with van der Waals surface area (Å²) in [7, 11) is 0. The Hall–Kier alpha value is -1.39. The third kappa shape index (κ3) is 4.82. The van der Waals surface area contributed by atoms with Gasteiger partial charge in [-0.05, 0) is 44.7 Å². The molecule has 1 aliphatic rings.